The van der Waals surface area contributed by atoms with Gasteiger partial charge in [0.15, 0.2) is 0 Å². The van der Waals surface area contributed by atoms with Crippen molar-refractivity contribution >= 4 is 33.4 Å². The Morgan fingerprint density at radius 3 is 2.63 bits per heavy atom. The van der Waals surface area contributed by atoms with Crippen LogP contribution in [0.25, 0.3) is 0 Å². The van der Waals surface area contributed by atoms with Crippen LogP contribution < -0.4 is 10.7 Å². The second-order valence-electron chi connectivity index (χ2n) is 4.08. The van der Waals surface area contributed by atoms with Crippen LogP contribution in [0.4, 0.5) is 10.5 Å². The normalized spacial score (nSPS) is 13.7. The summed E-state index contributed by atoms with van der Waals surface area (Å²) in [5.74, 6) is 0. The first kappa shape index (κ1) is 11.9. The number of fused-ring (bicyclic) bond motifs is 1. The van der Waals surface area contributed by atoms with E-state index < -0.39 is 0 Å². The molecule has 19 heavy (non-hydrogen) atoms. The van der Waals surface area contributed by atoms with E-state index >= 15 is 0 Å². The van der Waals surface area contributed by atoms with Gasteiger partial charge in [0.25, 0.3) is 0 Å². The molecule has 2 N–H and O–H groups in total. The Kier molecular flexibility index (Phi) is 3.05. The lowest BCUT2D eigenvalue weighted by atomic mass is 10.0. The van der Waals surface area contributed by atoms with Gasteiger partial charge >= 0.3 is 6.03 Å². The molecule has 0 radical (unpaired) electrons. The molecule has 0 atom stereocenters. The molecule has 0 unspecified atom stereocenters. The van der Waals surface area contributed by atoms with Gasteiger partial charge in [-0.3, -0.25) is 0 Å². The molecule has 4 nitrogen and oxygen atoms in total. The first-order valence-electron chi connectivity index (χ1n) is 5.74. The summed E-state index contributed by atoms with van der Waals surface area (Å²) < 4.78 is 0.936. The number of anilines is 1. The Hall–Kier alpha value is -2.14. The number of hydrogen-bond acceptors (Lipinski definition) is 2. The number of amides is 2. The van der Waals surface area contributed by atoms with Crippen LogP contribution in [0.15, 0.2) is 58.1 Å². The third kappa shape index (κ3) is 2.37. The number of carbonyl (C=O) groups excluding carboxylic acids is 1. The standard InChI is InChI=1S/C14H10BrN3O/c15-10-6-7-12-11(8-10)13(17-18-14(19)16-12)9-4-2-1-3-5-9/h1-8H,(H2,16,18,19). The molecule has 2 aromatic carbocycles. The molecule has 0 saturated carbocycles. The molecule has 94 valence electrons. The Bertz CT molecular complexity index is 668. The number of halogens is 1. The highest BCUT2D eigenvalue weighted by Gasteiger charge is 2.17. The molecular weight excluding hydrogens is 306 g/mol. The number of nitrogens with zero attached hydrogens (tertiary/aromatic N) is 1. The maximum Gasteiger partial charge on any atom is 0.339 e. The summed E-state index contributed by atoms with van der Waals surface area (Å²) in [5, 5.41) is 6.95. The van der Waals surface area contributed by atoms with Crippen LogP contribution in [0.5, 0.6) is 0 Å². The van der Waals surface area contributed by atoms with E-state index in [0.29, 0.717) is 0 Å². The highest BCUT2D eigenvalue weighted by molar-refractivity contribution is 9.10. The minimum atomic E-state index is -0.338. The number of carbonyl (C=O) groups is 1. The predicted octanol–water partition coefficient (Wildman–Crippen LogP) is 3.34. The SMILES string of the molecule is O=C1NN=C(c2ccccc2)c2cc(Br)ccc2N1. The minimum Gasteiger partial charge on any atom is -0.306 e. The van der Waals surface area contributed by atoms with E-state index in [1.165, 1.54) is 0 Å². The quantitative estimate of drug-likeness (QED) is 0.833. The van der Waals surface area contributed by atoms with E-state index in [4.69, 9.17) is 0 Å². The lowest BCUT2D eigenvalue weighted by molar-refractivity contribution is 0.252. The molecule has 1 aliphatic heterocycles. The van der Waals surface area contributed by atoms with Crippen molar-refractivity contribution in [3.63, 3.8) is 0 Å². The molecule has 2 amide bonds. The summed E-state index contributed by atoms with van der Waals surface area (Å²) in [6, 6.07) is 15.1. The summed E-state index contributed by atoms with van der Waals surface area (Å²) in [5.41, 5.74) is 5.77. The van der Waals surface area contributed by atoms with Gasteiger partial charge in [-0.1, -0.05) is 46.3 Å². The third-order valence-corrected chi connectivity index (χ3v) is 3.29. The van der Waals surface area contributed by atoms with E-state index in [2.05, 4.69) is 31.8 Å². The maximum atomic E-state index is 11.6. The summed E-state index contributed by atoms with van der Waals surface area (Å²) >= 11 is 3.44. The molecule has 0 aromatic heterocycles. The lowest BCUT2D eigenvalue weighted by Gasteiger charge is -2.09. The van der Waals surface area contributed by atoms with E-state index in [0.717, 1.165) is 27.0 Å². The molecule has 0 fully saturated rings. The van der Waals surface area contributed by atoms with Crippen molar-refractivity contribution in [2.75, 3.05) is 5.32 Å². The van der Waals surface area contributed by atoms with Crippen molar-refractivity contribution in [3.05, 3.63) is 64.1 Å². The zero-order valence-corrected chi connectivity index (χ0v) is 11.4. The highest BCUT2D eigenvalue weighted by Crippen LogP contribution is 2.25. The van der Waals surface area contributed by atoms with E-state index in [1.54, 1.807) is 0 Å². The summed E-state index contributed by atoms with van der Waals surface area (Å²) in [7, 11) is 0. The second-order valence-corrected chi connectivity index (χ2v) is 5.00. The van der Waals surface area contributed by atoms with Gasteiger partial charge in [0.05, 0.1) is 5.69 Å². The summed E-state index contributed by atoms with van der Waals surface area (Å²) in [6.45, 7) is 0. The molecule has 2 aromatic rings. The van der Waals surface area contributed by atoms with Crippen LogP contribution in [-0.4, -0.2) is 11.7 Å². The van der Waals surface area contributed by atoms with Gasteiger partial charge in [0, 0.05) is 15.6 Å². The first-order chi connectivity index (χ1) is 9.24. The molecule has 5 heteroatoms. The fourth-order valence-electron chi connectivity index (χ4n) is 1.95. The zero-order chi connectivity index (χ0) is 13.2. The number of nitrogens with one attached hydrogen (secondary N) is 2. The molecule has 0 saturated heterocycles. The fraction of sp³-hybridized carbons (Fsp3) is 0. The topological polar surface area (TPSA) is 53.5 Å². The van der Waals surface area contributed by atoms with Gasteiger partial charge in [-0.25, -0.2) is 10.2 Å². The number of benzene rings is 2. The summed E-state index contributed by atoms with van der Waals surface area (Å²) in [6.07, 6.45) is 0. The molecular formula is C14H10BrN3O. The maximum absolute atomic E-state index is 11.6. The molecule has 0 aliphatic carbocycles. The predicted molar refractivity (Wildman–Crippen MR) is 78.4 cm³/mol. The Morgan fingerprint density at radius 1 is 1.05 bits per heavy atom. The van der Waals surface area contributed by atoms with E-state index in [-0.39, 0.29) is 6.03 Å². The van der Waals surface area contributed by atoms with Gasteiger partial charge in [0.2, 0.25) is 0 Å². The lowest BCUT2D eigenvalue weighted by Crippen LogP contribution is -2.22. The van der Waals surface area contributed by atoms with Crippen molar-refractivity contribution in [3.8, 4) is 0 Å². The largest absolute Gasteiger partial charge is 0.339 e. The van der Waals surface area contributed by atoms with Crippen LogP contribution in [-0.2, 0) is 0 Å². The molecule has 0 bridgehead atoms. The van der Waals surface area contributed by atoms with Crippen LogP contribution in [0.1, 0.15) is 11.1 Å². The van der Waals surface area contributed by atoms with Crippen molar-refractivity contribution in [2.45, 2.75) is 0 Å². The molecule has 1 aliphatic rings. The van der Waals surface area contributed by atoms with E-state index in [9.17, 15) is 4.79 Å². The average molecular weight is 316 g/mol. The van der Waals surface area contributed by atoms with Crippen LogP contribution >= 0.6 is 15.9 Å². The van der Waals surface area contributed by atoms with Crippen molar-refractivity contribution in [2.24, 2.45) is 5.10 Å². The highest BCUT2D eigenvalue weighted by atomic mass is 79.9. The number of urea groups is 1. The molecule has 3 rings (SSSR count). The minimum absolute atomic E-state index is 0.338. The molecule has 0 spiro atoms. The average Bonchev–Trinajstić information content (AvgIpc) is 2.58. The second kappa shape index (κ2) is 4.85. The number of rotatable bonds is 1. The van der Waals surface area contributed by atoms with Crippen molar-refractivity contribution < 1.29 is 4.79 Å². The van der Waals surface area contributed by atoms with Gasteiger partial charge in [-0.05, 0) is 18.2 Å². The Morgan fingerprint density at radius 2 is 1.84 bits per heavy atom. The third-order valence-electron chi connectivity index (χ3n) is 2.80. The van der Waals surface area contributed by atoms with Crippen LogP contribution in [0, 0.1) is 0 Å². The Balaban J connectivity index is 2.20. The van der Waals surface area contributed by atoms with Gasteiger partial charge in [0.1, 0.15) is 5.71 Å². The van der Waals surface area contributed by atoms with E-state index in [1.807, 2.05) is 48.5 Å². The van der Waals surface area contributed by atoms with Crippen molar-refractivity contribution in [1.29, 1.82) is 0 Å². The number of hydrazone groups is 1. The van der Waals surface area contributed by atoms with Gasteiger partial charge in [-0.2, -0.15) is 5.10 Å². The number of hydrogen-bond donors (Lipinski definition) is 2. The monoisotopic (exact) mass is 315 g/mol. The van der Waals surface area contributed by atoms with Crippen LogP contribution in [0.2, 0.25) is 0 Å². The Labute approximate surface area is 118 Å². The zero-order valence-electron chi connectivity index (χ0n) is 9.85. The van der Waals surface area contributed by atoms with Crippen molar-refractivity contribution in [1.82, 2.24) is 5.43 Å². The summed E-state index contributed by atoms with van der Waals surface area (Å²) in [4.78, 5) is 11.6. The molecule has 1 heterocycles. The van der Waals surface area contributed by atoms with Crippen LogP contribution in [0.3, 0.4) is 0 Å². The fourth-order valence-corrected chi connectivity index (χ4v) is 2.32. The smallest absolute Gasteiger partial charge is 0.306 e. The van der Waals surface area contributed by atoms with Gasteiger partial charge < -0.3 is 5.32 Å². The first-order valence-corrected chi connectivity index (χ1v) is 6.53. The van der Waals surface area contributed by atoms with Gasteiger partial charge in [-0.15, -0.1) is 0 Å².